The van der Waals surface area contributed by atoms with Crippen LogP contribution in [0.2, 0.25) is 0 Å². The zero-order valence-electron chi connectivity index (χ0n) is 11.3. The summed E-state index contributed by atoms with van der Waals surface area (Å²) in [7, 11) is 0. The van der Waals surface area contributed by atoms with Crippen molar-refractivity contribution in [3.63, 3.8) is 0 Å². The van der Waals surface area contributed by atoms with E-state index in [-0.39, 0.29) is 6.09 Å². The first-order valence-corrected chi connectivity index (χ1v) is 6.46. The molecule has 1 aliphatic rings. The maximum Gasteiger partial charge on any atom is 0.410 e. The molecule has 2 rings (SSSR count). The first-order valence-electron chi connectivity index (χ1n) is 6.46. The molecule has 0 N–H and O–H groups in total. The summed E-state index contributed by atoms with van der Waals surface area (Å²) in [5.41, 5.74) is 0.938. The van der Waals surface area contributed by atoms with Crippen LogP contribution in [-0.2, 0) is 11.2 Å². The van der Waals surface area contributed by atoms with Crippen molar-refractivity contribution in [2.24, 2.45) is 5.92 Å². The Morgan fingerprint density at radius 2 is 1.89 bits per heavy atom. The second kappa shape index (κ2) is 5.01. The number of carbonyl (C=O) groups excluding carboxylic acids is 1. The lowest BCUT2D eigenvalue weighted by Gasteiger charge is -2.39. The van der Waals surface area contributed by atoms with Crippen molar-refractivity contribution in [2.45, 2.75) is 32.8 Å². The van der Waals surface area contributed by atoms with Gasteiger partial charge in [0.1, 0.15) is 5.60 Å². The van der Waals surface area contributed by atoms with Gasteiger partial charge in [-0.25, -0.2) is 4.79 Å². The number of ether oxygens (including phenoxy) is 1. The highest BCUT2D eigenvalue weighted by molar-refractivity contribution is 5.69. The first kappa shape index (κ1) is 12.9. The smallest absolute Gasteiger partial charge is 0.410 e. The van der Waals surface area contributed by atoms with Gasteiger partial charge in [0, 0.05) is 13.1 Å². The number of amides is 1. The number of nitrogens with zero attached hydrogens (tertiary/aromatic N) is 1. The average Bonchev–Trinajstić information content (AvgIpc) is 2.21. The molecule has 18 heavy (non-hydrogen) atoms. The predicted molar refractivity (Wildman–Crippen MR) is 71.4 cm³/mol. The van der Waals surface area contributed by atoms with Crippen LogP contribution in [-0.4, -0.2) is 29.7 Å². The molecule has 0 aromatic heterocycles. The molecule has 1 amide bonds. The molecule has 0 saturated carbocycles. The van der Waals surface area contributed by atoms with Crippen LogP contribution in [0.3, 0.4) is 0 Å². The van der Waals surface area contributed by atoms with Crippen LogP contribution in [0.25, 0.3) is 0 Å². The molecule has 1 aromatic rings. The molecule has 0 radical (unpaired) electrons. The van der Waals surface area contributed by atoms with Crippen LogP contribution in [0.15, 0.2) is 30.3 Å². The van der Waals surface area contributed by atoms with E-state index >= 15 is 0 Å². The van der Waals surface area contributed by atoms with Gasteiger partial charge in [-0.05, 0) is 38.7 Å². The van der Waals surface area contributed by atoms with Crippen molar-refractivity contribution in [1.29, 1.82) is 0 Å². The lowest BCUT2D eigenvalue weighted by atomic mass is 9.93. The van der Waals surface area contributed by atoms with Gasteiger partial charge in [0.15, 0.2) is 0 Å². The van der Waals surface area contributed by atoms with E-state index in [0.717, 1.165) is 19.5 Å². The van der Waals surface area contributed by atoms with Crippen LogP contribution >= 0.6 is 0 Å². The van der Waals surface area contributed by atoms with Gasteiger partial charge in [0.25, 0.3) is 0 Å². The van der Waals surface area contributed by atoms with E-state index < -0.39 is 5.60 Å². The molecule has 0 unspecified atom stereocenters. The van der Waals surface area contributed by atoms with Gasteiger partial charge < -0.3 is 9.64 Å². The fourth-order valence-corrected chi connectivity index (χ4v) is 2.12. The van der Waals surface area contributed by atoms with E-state index in [2.05, 4.69) is 24.3 Å². The van der Waals surface area contributed by atoms with Gasteiger partial charge in [-0.2, -0.15) is 0 Å². The summed E-state index contributed by atoms with van der Waals surface area (Å²) in [4.78, 5) is 13.5. The second-order valence-electron chi connectivity index (χ2n) is 5.94. The summed E-state index contributed by atoms with van der Waals surface area (Å²) in [6, 6.07) is 10.4. The van der Waals surface area contributed by atoms with E-state index in [1.165, 1.54) is 5.56 Å². The summed E-state index contributed by atoms with van der Waals surface area (Å²) in [5.74, 6) is 0.569. The molecule has 0 aliphatic carbocycles. The molecule has 1 saturated heterocycles. The Bertz CT molecular complexity index is 402. The van der Waals surface area contributed by atoms with Crippen LogP contribution in [0.1, 0.15) is 26.3 Å². The van der Waals surface area contributed by atoms with Gasteiger partial charge in [-0.3, -0.25) is 0 Å². The Morgan fingerprint density at radius 1 is 1.28 bits per heavy atom. The minimum absolute atomic E-state index is 0.188. The Balaban J connectivity index is 1.76. The second-order valence-corrected chi connectivity index (χ2v) is 5.94. The molecular weight excluding hydrogens is 226 g/mol. The molecular formula is C15H21NO2. The van der Waals surface area contributed by atoms with E-state index in [0.29, 0.717) is 5.92 Å². The van der Waals surface area contributed by atoms with Gasteiger partial charge in [-0.1, -0.05) is 30.3 Å². The molecule has 0 bridgehead atoms. The number of benzene rings is 1. The highest BCUT2D eigenvalue weighted by atomic mass is 16.6. The molecule has 3 nitrogen and oxygen atoms in total. The van der Waals surface area contributed by atoms with E-state index in [9.17, 15) is 4.79 Å². The monoisotopic (exact) mass is 247 g/mol. The lowest BCUT2D eigenvalue weighted by Crippen LogP contribution is -2.52. The van der Waals surface area contributed by atoms with Crippen LogP contribution < -0.4 is 0 Å². The first-order chi connectivity index (χ1) is 8.44. The summed E-state index contributed by atoms with van der Waals surface area (Å²) in [6.07, 6.45) is 0.854. The standard InChI is InChI=1S/C15H21NO2/c1-15(2,3)18-14(17)16-10-13(11-16)9-12-7-5-4-6-8-12/h4-8,13H,9-11H2,1-3H3. The SMILES string of the molecule is CC(C)(C)OC(=O)N1CC(Cc2ccccc2)C1. The van der Waals surface area contributed by atoms with E-state index in [1.54, 1.807) is 4.90 Å². The third-order valence-electron chi connectivity index (χ3n) is 2.98. The maximum atomic E-state index is 11.7. The number of likely N-dealkylation sites (tertiary alicyclic amines) is 1. The van der Waals surface area contributed by atoms with Gasteiger partial charge in [-0.15, -0.1) is 0 Å². The fraction of sp³-hybridized carbons (Fsp3) is 0.533. The molecule has 1 aromatic carbocycles. The summed E-state index contributed by atoms with van der Waals surface area (Å²) >= 11 is 0. The van der Waals surface area contributed by atoms with Crippen molar-refractivity contribution < 1.29 is 9.53 Å². The third kappa shape index (κ3) is 3.49. The average molecular weight is 247 g/mol. The predicted octanol–water partition coefficient (Wildman–Crippen LogP) is 3.10. The highest BCUT2D eigenvalue weighted by Crippen LogP contribution is 2.22. The van der Waals surface area contributed by atoms with E-state index in [4.69, 9.17) is 4.74 Å². The van der Waals surface area contributed by atoms with Gasteiger partial charge in [0.2, 0.25) is 0 Å². The topological polar surface area (TPSA) is 29.5 Å². The number of carbonyl (C=O) groups is 1. The quantitative estimate of drug-likeness (QED) is 0.803. The number of hydrogen-bond acceptors (Lipinski definition) is 2. The number of hydrogen-bond donors (Lipinski definition) is 0. The van der Waals surface area contributed by atoms with Crippen LogP contribution in [0.5, 0.6) is 0 Å². The molecule has 1 heterocycles. The number of rotatable bonds is 2. The normalized spacial score (nSPS) is 16.3. The van der Waals surface area contributed by atoms with Crippen LogP contribution in [0, 0.1) is 5.92 Å². The summed E-state index contributed by atoms with van der Waals surface area (Å²) < 4.78 is 5.33. The minimum atomic E-state index is -0.401. The third-order valence-corrected chi connectivity index (χ3v) is 2.98. The zero-order valence-corrected chi connectivity index (χ0v) is 11.3. The van der Waals surface area contributed by atoms with Gasteiger partial charge >= 0.3 is 6.09 Å². The zero-order chi connectivity index (χ0) is 13.2. The molecule has 0 spiro atoms. The molecule has 98 valence electrons. The fourth-order valence-electron chi connectivity index (χ4n) is 2.12. The minimum Gasteiger partial charge on any atom is -0.444 e. The van der Waals surface area contributed by atoms with Crippen molar-refractivity contribution in [3.05, 3.63) is 35.9 Å². The molecule has 3 heteroatoms. The largest absolute Gasteiger partial charge is 0.444 e. The Morgan fingerprint density at radius 3 is 2.44 bits per heavy atom. The molecule has 1 fully saturated rings. The van der Waals surface area contributed by atoms with E-state index in [1.807, 2.05) is 26.8 Å². The van der Waals surface area contributed by atoms with Crippen molar-refractivity contribution >= 4 is 6.09 Å². The highest BCUT2D eigenvalue weighted by Gasteiger charge is 2.33. The summed E-state index contributed by atoms with van der Waals surface area (Å²) in [5, 5.41) is 0. The Kier molecular flexibility index (Phi) is 3.60. The molecule has 0 atom stereocenters. The Hall–Kier alpha value is -1.51. The van der Waals surface area contributed by atoms with Crippen molar-refractivity contribution in [1.82, 2.24) is 4.90 Å². The lowest BCUT2D eigenvalue weighted by molar-refractivity contribution is -0.000877. The van der Waals surface area contributed by atoms with Crippen molar-refractivity contribution in [3.8, 4) is 0 Å². The maximum absolute atomic E-state index is 11.7. The van der Waals surface area contributed by atoms with Crippen LogP contribution in [0.4, 0.5) is 4.79 Å². The Labute approximate surface area is 109 Å². The summed E-state index contributed by atoms with van der Waals surface area (Å²) in [6.45, 7) is 7.30. The van der Waals surface area contributed by atoms with Gasteiger partial charge in [0.05, 0.1) is 0 Å². The molecule has 1 aliphatic heterocycles. The van der Waals surface area contributed by atoms with Crippen molar-refractivity contribution in [2.75, 3.05) is 13.1 Å².